The van der Waals surface area contributed by atoms with E-state index in [2.05, 4.69) is 69.4 Å². The van der Waals surface area contributed by atoms with Gasteiger partial charge in [-0.15, -0.1) is 0 Å². The Labute approximate surface area is 198 Å². The van der Waals surface area contributed by atoms with Crippen LogP contribution < -0.4 is 5.73 Å². The summed E-state index contributed by atoms with van der Waals surface area (Å²) >= 11 is 0. The molecule has 2 heterocycles. The van der Waals surface area contributed by atoms with Gasteiger partial charge in [0.1, 0.15) is 5.82 Å². The first-order valence-corrected chi connectivity index (χ1v) is 12.6. The fourth-order valence-electron chi connectivity index (χ4n) is 5.59. The predicted octanol–water partition coefficient (Wildman–Crippen LogP) is 5.22. The van der Waals surface area contributed by atoms with Gasteiger partial charge in [0.25, 0.3) is 0 Å². The van der Waals surface area contributed by atoms with Crippen LogP contribution in [0.2, 0.25) is 0 Å². The zero-order valence-electron chi connectivity index (χ0n) is 19.6. The molecule has 3 aromatic rings. The zero-order chi connectivity index (χ0) is 22.5. The summed E-state index contributed by atoms with van der Waals surface area (Å²) in [4.78, 5) is 9.83. The van der Waals surface area contributed by atoms with Gasteiger partial charge in [-0.3, -0.25) is 4.90 Å². The van der Waals surface area contributed by atoms with Crippen molar-refractivity contribution in [2.75, 3.05) is 38.5 Å². The second-order valence-corrected chi connectivity index (χ2v) is 9.69. The molecular weight excluding hydrogens is 404 g/mol. The summed E-state index contributed by atoms with van der Waals surface area (Å²) in [7, 11) is 0. The molecule has 2 fully saturated rings. The van der Waals surface area contributed by atoms with E-state index in [1.54, 1.807) is 0 Å². The van der Waals surface area contributed by atoms with Crippen LogP contribution in [0.5, 0.6) is 0 Å². The lowest BCUT2D eigenvalue weighted by Crippen LogP contribution is -2.51. The number of nitrogen functional groups attached to an aromatic ring is 1. The predicted molar refractivity (Wildman–Crippen MR) is 137 cm³/mol. The Kier molecular flexibility index (Phi) is 7.03. The molecule has 1 aliphatic heterocycles. The van der Waals surface area contributed by atoms with Crippen molar-refractivity contribution >= 4 is 5.82 Å². The van der Waals surface area contributed by atoms with Gasteiger partial charge in [-0.25, -0.2) is 4.98 Å². The van der Waals surface area contributed by atoms with Crippen LogP contribution >= 0.6 is 0 Å². The average Bonchev–Trinajstić information content (AvgIpc) is 2.89. The van der Waals surface area contributed by atoms with Gasteiger partial charge in [0.15, 0.2) is 0 Å². The summed E-state index contributed by atoms with van der Waals surface area (Å²) in [5.41, 5.74) is 10.8. The van der Waals surface area contributed by atoms with Gasteiger partial charge < -0.3 is 10.6 Å². The first kappa shape index (κ1) is 22.1. The van der Waals surface area contributed by atoms with E-state index in [1.165, 1.54) is 63.0 Å². The third-order valence-electron chi connectivity index (χ3n) is 7.63. The van der Waals surface area contributed by atoms with Gasteiger partial charge in [0, 0.05) is 44.3 Å². The highest BCUT2D eigenvalue weighted by Crippen LogP contribution is 2.35. The lowest BCUT2D eigenvalue weighted by molar-refractivity contribution is 0.0766. The van der Waals surface area contributed by atoms with Crippen molar-refractivity contribution < 1.29 is 0 Å². The number of piperazine rings is 1. The number of nitrogens with two attached hydrogens (primary N) is 1. The number of rotatable bonds is 6. The van der Waals surface area contributed by atoms with Crippen molar-refractivity contribution in [1.82, 2.24) is 14.8 Å². The molecule has 0 unspecified atom stereocenters. The van der Waals surface area contributed by atoms with E-state index in [9.17, 15) is 0 Å². The van der Waals surface area contributed by atoms with Crippen LogP contribution in [0.15, 0.2) is 72.8 Å². The normalized spacial score (nSPS) is 22.3. The Morgan fingerprint density at radius 3 is 2.18 bits per heavy atom. The minimum Gasteiger partial charge on any atom is -0.384 e. The third kappa shape index (κ3) is 5.63. The summed E-state index contributed by atoms with van der Waals surface area (Å²) in [6.45, 7) is 5.99. The van der Waals surface area contributed by atoms with Crippen molar-refractivity contribution in [1.29, 1.82) is 0 Å². The Bertz CT molecular complexity index is 1000. The number of pyridine rings is 1. The number of hydrogen-bond donors (Lipinski definition) is 1. The molecule has 4 nitrogen and oxygen atoms in total. The van der Waals surface area contributed by atoms with Crippen molar-refractivity contribution in [3.05, 3.63) is 83.9 Å². The summed E-state index contributed by atoms with van der Waals surface area (Å²) in [5.74, 6) is 1.34. The molecule has 2 aromatic carbocycles. The molecule has 0 amide bonds. The number of nitrogens with zero attached hydrogens (tertiary/aromatic N) is 3. The zero-order valence-corrected chi connectivity index (χ0v) is 19.6. The highest BCUT2D eigenvalue weighted by Gasteiger charge is 2.28. The number of aromatic nitrogens is 1. The third-order valence-corrected chi connectivity index (χ3v) is 7.63. The van der Waals surface area contributed by atoms with E-state index in [0.717, 1.165) is 36.2 Å². The molecule has 1 aliphatic carbocycles. The SMILES string of the molecule is Nc1cccc(-c2ccc(CCN3CCN(C4CCC(c5ccccc5)CC4)CC3)cc2)n1. The maximum Gasteiger partial charge on any atom is 0.124 e. The number of hydrogen-bond acceptors (Lipinski definition) is 4. The van der Waals surface area contributed by atoms with Crippen molar-refractivity contribution in [3.63, 3.8) is 0 Å². The fourth-order valence-corrected chi connectivity index (χ4v) is 5.59. The van der Waals surface area contributed by atoms with Crippen LogP contribution in [0.4, 0.5) is 5.82 Å². The van der Waals surface area contributed by atoms with Crippen LogP contribution in [0.25, 0.3) is 11.3 Å². The van der Waals surface area contributed by atoms with E-state index in [0.29, 0.717) is 5.82 Å². The van der Waals surface area contributed by atoms with E-state index in [4.69, 9.17) is 5.73 Å². The van der Waals surface area contributed by atoms with Crippen LogP contribution in [0, 0.1) is 0 Å². The molecule has 2 aliphatic rings. The van der Waals surface area contributed by atoms with Crippen molar-refractivity contribution in [2.45, 2.75) is 44.1 Å². The highest BCUT2D eigenvalue weighted by molar-refractivity contribution is 5.61. The Balaban J connectivity index is 1.05. The van der Waals surface area contributed by atoms with Gasteiger partial charge in [-0.2, -0.15) is 0 Å². The molecule has 0 atom stereocenters. The number of benzene rings is 2. The molecule has 0 spiro atoms. The summed E-state index contributed by atoms with van der Waals surface area (Å²) in [6.07, 6.45) is 6.50. The number of anilines is 1. The van der Waals surface area contributed by atoms with E-state index in [-0.39, 0.29) is 0 Å². The Hall–Kier alpha value is -2.69. The summed E-state index contributed by atoms with van der Waals surface area (Å²) in [5, 5.41) is 0. The lowest BCUT2D eigenvalue weighted by atomic mass is 9.81. The van der Waals surface area contributed by atoms with Crippen LogP contribution in [-0.2, 0) is 6.42 Å². The molecule has 1 aromatic heterocycles. The highest BCUT2D eigenvalue weighted by atomic mass is 15.3. The van der Waals surface area contributed by atoms with E-state index in [1.807, 2.05) is 18.2 Å². The van der Waals surface area contributed by atoms with E-state index >= 15 is 0 Å². The van der Waals surface area contributed by atoms with Gasteiger partial charge in [-0.05, 0) is 61.3 Å². The van der Waals surface area contributed by atoms with Crippen LogP contribution in [0.3, 0.4) is 0 Å². The quantitative estimate of drug-likeness (QED) is 0.571. The molecule has 0 radical (unpaired) electrons. The Morgan fingerprint density at radius 1 is 0.758 bits per heavy atom. The first-order valence-electron chi connectivity index (χ1n) is 12.6. The largest absolute Gasteiger partial charge is 0.384 e. The molecule has 2 N–H and O–H groups in total. The maximum absolute atomic E-state index is 5.82. The van der Waals surface area contributed by atoms with Gasteiger partial charge >= 0.3 is 0 Å². The van der Waals surface area contributed by atoms with Crippen molar-refractivity contribution in [3.8, 4) is 11.3 Å². The summed E-state index contributed by atoms with van der Waals surface area (Å²) < 4.78 is 0. The molecule has 0 bridgehead atoms. The van der Waals surface area contributed by atoms with Gasteiger partial charge in [-0.1, -0.05) is 60.7 Å². The fraction of sp³-hybridized carbons (Fsp3) is 0.414. The summed E-state index contributed by atoms with van der Waals surface area (Å²) in [6, 6.07) is 26.5. The monoisotopic (exact) mass is 440 g/mol. The van der Waals surface area contributed by atoms with Gasteiger partial charge in [0.05, 0.1) is 5.69 Å². The molecule has 172 valence electrons. The van der Waals surface area contributed by atoms with Crippen LogP contribution in [-0.4, -0.2) is 53.5 Å². The standard InChI is InChI=1S/C29H36N4/c30-29-8-4-7-28(31-29)26-11-9-23(10-12-26)17-18-32-19-21-33(22-20-32)27-15-13-25(14-16-27)24-5-2-1-3-6-24/h1-12,25,27H,13-22H2,(H2,30,31). The molecule has 4 heteroatoms. The average molecular weight is 441 g/mol. The molecule has 33 heavy (non-hydrogen) atoms. The Morgan fingerprint density at radius 2 is 1.48 bits per heavy atom. The molecule has 5 rings (SSSR count). The van der Waals surface area contributed by atoms with Gasteiger partial charge in [0.2, 0.25) is 0 Å². The minimum atomic E-state index is 0.569. The van der Waals surface area contributed by atoms with E-state index < -0.39 is 0 Å². The first-order chi connectivity index (χ1) is 16.2. The van der Waals surface area contributed by atoms with Crippen molar-refractivity contribution in [2.24, 2.45) is 0 Å². The second kappa shape index (κ2) is 10.5. The molecule has 1 saturated carbocycles. The molecular formula is C29H36N4. The molecule has 1 saturated heterocycles. The smallest absolute Gasteiger partial charge is 0.124 e. The topological polar surface area (TPSA) is 45.4 Å². The van der Waals surface area contributed by atoms with Crippen LogP contribution in [0.1, 0.15) is 42.7 Å². The lowest BCUT2D eigenvalue weighted by Gasteiger charge is -2.42. The minimum absolute atomic E-state index is 0.569. The maximum atomic E-state index is 5.82. The second-order valence-electron chi connectivity index (χ2n) is 9.69.